The molecule has 0 radical (unpaired) electrons. The Balaban J connectivity index is 4.23. The fourth-order valence-corrected chi connectivity index (χ4v) is 7.86. The van der Waals surface area contributed by atoms with Crippen LogP contribution >= 0.6 is 0 Å². The fourth-order valence-electron chi connectivity index (χ4n) is 7.86. The van der Waals surface area contributed by atoms with E-state index >= 15 is 0 Å². The van der Waals surface area contributed by atoms with Gasteiger partial charge in [-0.15, -0.1) is 0 Å². The third-order valence-electron chi connectivity index (χ3n) is 11.8. The first-order valence-corrected chi connectivity index (χ1v) is 25.9. The second kappa shape index (κ2) is 46.5. The zero-order valence-electron chi connectivity index (χ0n) is 39.5. The minimum atomic E-state index is -0.759. The maximum atomic E-state index is 12.8. The summed E-state index contributed by atoms with van der Waals surface area (Å²) in [7, 11) is 0. The second-order valence-electron chi connectivity index (χ2n) is 18.3. The van der Waals surface area contributed by atoms with Crippen LogP contribution in [0.3, 0.4) is 0 Å². The van der Waals surface area contributed by atoms with Gasteiger partial charge in [-0.05, 0) is 25.2 Å². The molecule has 0 aliphatic rings. The van der Waals surface area contributed by atoms with Crippen LogP contribution in [0.1, 0.15) is 291 Å². The molecule has 6 nitrogen and oxygen atoms in total. The van der Waals surface area contributed by atoms with Crippen molar-refractivity contribution in [3.63, 3.8) is 0 Å². The molecule has 0 fully saturated rings. The Kier molecular flexibility index (Phi) is 45.2. The molecule has 0 aliphatic heterocycles. The van der Waals surface area contributed by atoms with Gasteiger partial charge in [-0.25, -0.2) is 0 Å². The van der Waals surface area contributed by atoms with Crippen LogP contribution < -0.4 is 0 Å². The van der Waals surface area contributed by atoms with Crippen molar-refractivity contribution < 1.29 is 28.6 Å². The Morgan fingerprint density at radius 3 is 0.845 bits per heavy atom. The summed E-state index contributed by atoms with van der Waals surface area (Å²) in [4.78, 5) is 37.8. The molecule has 0 bridgehead atoms. The Labute approximate surface area is 361 Å². The fraction of sp³-hybridized carbons (Fsp3) is 0.942. The van der Waals surface area contributed by atoms with Crippen molar-refractivity contribution in [2.75, 3.05) is 13.2 Å². The van der Waals surface area contributed by atoms with Gasteiger partial charge in [-0.1, -0.05) is 252 Å². The van der Waals surface area contributed by atoms with Crippen LogP contribution in [-0.2, 0) is 28.6 Å². The van der Waals surface area contributed by atoms with Crippen LogP contribution in [-0.4, -0.2) is 37.2 Å². The number of unbranched alkanes of at least 4 members (excludes halogenated alkanes) is 34. The van der Waals surface area contributed by atoms with Crippen LogP contribution in [0.5, 0.6) is 0 Å². The zero-order chi connectivity index (χ0) is 42.4. The lowest BCUT2D eigenvalue weighted by atomic mass is 10.0. The molecule has 6 heteroatoms. The van der Waals surface area contributed by atoms with Crippen molar-refractivity contribution in [3.05, 3.63) is 0 Å². The molecule has 0 spiro atoms. The summed E-state index contributed by atoms with van der Waals surface area (Å²) >= 11 is 0. The Morgan fingerprint density at radius 2 is 0.569 bits per heavy atom. The molecule has 1 atom stereocenters. The smallest absolute Gasteiger partial charge is 0.306 e. The quantitative estimate of drug-likeness (QED) is 0.0346. The molecular formula is C52H100O6. The van der Waals surface area contributed by atoms with Gasteiger partial charge in [-0.2, -0.15) is 0 Å². The lowest BCUT2D eigenvalue weighted by Crippen LogP contribution is -2.30. The minimum absolute atomic E-state index is 0.0628. The van der Waals surface area contributed by atoms with E-state index in [0.717, 1.165) is 63.7 Å². The highest BCUT2D eigenvalue weighted by Crippen LogP contribution is 2.17. The van der Waals surface area contributed by atoms with Gasteiger partial charge in [-0.3, -0.25) is 14.4 Å². The first kappa shape index (κ1) is 56.4. The topological polar surface area (TPSA) is 78.9 Å². The van der Waals surface area contributed by atoms with E-state index in [2.05, 4.69) is 27.7 Å². The number of ether oxygens (including phenoxy) is 3. The SMILES string of the molecule is CCCCCCCCCCCCCCC(=O)OC[C@@H](COC(=O)CCCCCCCCCCC)OC(=O)CCCCCCCCCCCCCCCCCCC(C)C. The van der Waals surface area contributed by atoms with Gasteiger partial charge in [0.15, 0.2) is 6.10 Å². The molecule has 344 valence electrons. The van der Waals surface area contributed by atoms with Crippen LogP contribution in [0.4, 0.5) is 0 Å². The average Bonchev–Trinajstić information content (AvgIpc) is 3.21. The molecule has 0 unspecified atom stereocenters. The number of hydrogen-bond donors (Lipinski definition) is 0. The summed E-state index contributed by atoms with van der Waals surface area (Å²) in [5, 5.41) is 0. The van der Waals surface area contributed by atoms with E-state index in [1.807, 2.05) is 0 Å². The standard InChI is InChI=1S/C52H100O6/c1-5-7-9-11-13-15-16-24-28-32-36-40-44-51(54)57-47-49(46-56-50(53)43-39-35-31-26-14-12-10-8-6-2)58-52(55)45-41-37-33-29-25-22-20-18-17-19-21-23-27-30-34-38-42-48(3)4/h48-49H,5-47H2,1-4H3/t49-/m1/s1. The Bertz CT molecular complexity index is 872. The van der Waals surface area contributed by atoms with Crippen molar-refractivity contribution in [2.45, 2.75) is 297 Å². The predicted molar refractivity (Wildman–Crippen MR) is 247 cm³/mol. The number of hydrogen-bond acceptors (Lipinski definition) is 6. The van der Waals surface area contributed by atoms with Crippen molar-refractivity contribution in [1.29, 1.82) is 0 Å². The van der Waals surface area contributed by atoms with E-state index in [-0.39, 0.29) is 31.1 Å². The Hall–Kier alpha value is -1.59. The van der Waals surface area contributed by atoms with Gasteiger partial charge in [0, 0.05) is 19.3 Å². The molecule has 0 saturated heterocycles. The summed E-state index contributed by atoms with van der Waals surface area (Å²) < 4.78 is 16.8. The molecule has 58 heavy (non-hydrogen) atoms. The van der Waals surface area contributed by atoms with Gasteiger partial charge >= 0.3 is 17.9 Å². The third-order valence-corrected chi connectivity index (χ3v) is 11.8. The second-order valence-corrected chi connectivity index (χ2v) is 18.3. The largest absolute Gasteiger partial charge is 0.462 e. The first-order chi connectivity index (χ1) is 28.4. The van der Waals surface area contributed by atoms with Crippen LogP contribution in [0.2, 0.25) is 0 Å². The summed E-state index contributed by atoms with van der Waals surface area (Å²) in [6.07, 6.45) is 48.0. The molecule has 0 aliphatic carbocycles. The monoisotopic (exact) mass is 821 g/mol. The minimum Gasteiger partial charge on any atom is -0.462 e. The van der Waals surface area contributed by atoms with Gasteiger partial charge in [0.1, 0.15) is 13.2 Å². The lowest BCUT2D eigenvalue weighted by Gasteiger charge is -2.18. The highest BCUT2D eigenvalue weighted by atomic mass is 16.6. The van der Waals surface area contributed by atoms with E-state index in [4.69, 9.17) is 14.2 Å². The van der Waals surface area contributed by atoms with Crippen molar-refractivity contribution in [3.8, 4) is 0 Å². The van der Waals surface area contributed by atoms with E-state index in [1.165, 1.54) is 186 Å². The first-order valence-electron chi connectivity index (χ1n) is 25.9. The highest BCUT2D eigenvalue weighted by Gasteiger charge is 2.19. The normalized spacial score (nSPS) is 11.9. The average molecular weight is 821 g/mol. The third kappa shape index (κ3) is 45.5. The van der Waals surface area contributed by atoms with E-state index in [0.29, 0.717) is 19.3 Å². The number of esters is 3. The summed E-state index contributed by atoms with van der Waals surface area (Å²) in [5.74, 6) is 0.00480. The van der Waals surface area contributed by atoms with Crippen LogP contribution in [0.15, 0.2) is 0 Å². The summed E-state index contributed by atoms with van der Waals surface area (Å²) in [5.41, 5.74) is 0. The zero-order valence-corrected chi connectivity index (χ0v) is 39.5. The Morgan fingerprint density at radius 1 is 0.328 bits per heavy atom. The molecule has 0 rings (SSSR count). The summed E-state index contributed by atoms with van der Waals surface area (Å²) in [6, 6.07) is 0. The molecular weight excluding hydrogens is 721 g/mol. The number of carbonyl (C=O) groups excluding carboxylic acids is 3. The lowest BCUT2D eigenvalue weighted by molar-refractivity contribution is -0.167. The van der Waals surface area contributed by atoms with Gasteiger partial charge in [0.05, 0.1) is 0 Å². The molecule has 0 heterocycles. The number of rotatable bonds is 47. The molecule has 0 aromatic carbocycles. The van der Waals surface area contributed by atoms with Crippen molar-refractivity contribution >= 4 is 17.9 Å². The molecule has 0 N–H and O–H groups in total. The molecule has 0 saturated carbocycles. The maximum absolute atomic E-state index is 12.8. The molecule has 0 aromatic rings. The summed E-state index contributed by atoms with van der Waals surface area (Å²) in [6.45, 7) is 9.02. The van der Waals surface area contributed by atoms with Gasteiger partial charge in [0.2, 0.25) is 0 Å². The van der Waals surface area contributed by atoms with Gasteiger partial charge < -0.3 is 14.2 Å². The van der Waals surface area contributed by atoms with Gasteiger partial charge in [0.25, 0.3) is 0 Å². The highest BCUT2D eigenvalue weighted by molar-refractivity contribution is 5.71. The van der Waals surface area contributed by atoms with E-state index in [1.54, 1.807) is 0 Å². The molecule has 0 amide bonds. The predicted octanol–water partition coefficient (Wildman–Crippen LogP) is 16.7. The van der Waals surface area contributed by atoms with Crippen molar-refractivity contribution in [2.24, 2.45) is 5.92 Å². The van der Waals surface area contributed by atoms with Crippen LogP contribution in [0.25, 0.3) is 0 Å². The van der Waals surface area contributed by atoms with E-state index < -0.39 is 6.10 Å². The van der Waals surface area contributed by atoms with E-state index in [9.17, 15) is 14.4 Å². The maximum Gasteiger partial charge on any atom is 0.306 e. The van der Waals surface area contributed by atoms with Crippen molar-refractivity contribution in [1.82, 2.24) is 0 Å². The number of carbonyl (C=O) groups is 3. The van der Waals surface area contributed by atoms with Crippen LogP contribution in [0, 0.1) is 5.92 Å². The molecule has 0 aromatic heterocycles.